The number of carbonyl (C=O) groups is 1. The third-order valence-electron chi connectivity index (χ3n) is 12.1. The van der Waals surface area contributed by atoms with Crippen LogP contribution in [-0.2, 0) is 47.4 Å². The number of ether oxygens (including phenoxy) is 10. The molecule has 1 aromatic carbocycles. The second kappa shape index (κ2) is 18.6. The van der Waals surface area contributed by atoms with Gasteiger partial charge < -0.3 is 52.5 Å². The Bertz CT molecular complexity index is 1320. The molecule has 0 radical (unpaired) electrons. The highest BCUT2D eigenvalue weighted by Gasteiger charge is 2.51. The fraction of sp³-hybridized carbons (Fsp3) is 0.833. The SMILES string of the molecule is COc1ccc([C@H]2OCC[C@@H](C[C@H](OC)[C@@H](C)[C@@H]3C[C@H]([C@H](C)[C@@H]4OC(C)(C)O[C@@H]([C@H](CC[C@H]5C[C@H](OC)C[C@H](C)O5)C(=O)O)[C@@H]4C)OC(C)(C)O3)O2)cc1. The summed E-state index contributed by atoms with van der Waals surface area (Å²) in [6.45, 7) is 16.7. The standard InChI is InChI=1S/C42H68O12/c1-24-20-32(46-10)21-30(49-24)16-17-33(39(43)44)38-27(4)37(53-42(7,8)54-38)26(3)36-23-35(51-41(5,6)52-36)25(2)34(47-11)22-31-18-19-48-40(50-31)28-12-14-29(45-9)15-13-28/h12-15,24-27,30-38,40H,16-23H2,1-11H3,(H,43,44)/t24-,25+,26-,27+,30-,31-,32+,33-,34-,35-,36+,37-,38+,40-/m0/s1. The van der Waals surface area contributed by atoms with Crippen LogP contribution in [-0.4, -0.2) is 106 Å². The van der Waals surface area contributed by atoms with Crippen molar-refractivity contribution < 1.29 is 57.3 Å². The molecule has 4 aliphatic rings. The summed E-state index contributed by atoms with van der Waals surface area (Å²) in [6, 6.07) is 7.77. The van der Waals surface area contributed by atoms with Crippen molar-refractivity contribution in [2.75, 3.05) is 27.9 Å². The van der Waals surface area contributed by atoms with Gasteiger partial charge in [-0.2, -0.15) is 0 Å². The highest BCUT2D eigenvalue weighted by molar-refractivity contribution is 5.70. The molecule has 54 heavy (non-hydrogen) atoms. The molecule has 308 valence electrons. The van der Waals surface area contributed by atoms with Gasteiger partial charge in [-0.15, -0.1) is 0 Å². The maximum Gasteiger partial charge on any atom is 0.309 e. The zero-order chi connectivity index (χ0) is 39.4. The van der Waals surface area contributed by atoms with E-state index in [-0.39, 0.29) is 66.6 Å². The van der Waals surface area contributed by atoms with Gasteiger partial charge in [-0.1, -0.05) is 32.9 Å². The van der Waals surface area contributed by atoms with Crippen molar-refractivity contribution in [3.63, 3.8) is 0 Å². The molecule has 4 saturated heterocycles. The Balaban J connectivity index is 1.25. The molecule has 12 heteroatoms. The van der Waals surface area contributed by atoms with E-state index in [9.17, 15) is 9.90 Å². The number of hydrogen-bond donors (Lipinski definition) is 1. The van der Waals surface area contributed by atoms with E-state index in [1.54, 1.807) is 21.3 Å². The smallest absolute Gasteiger partial charge is 0.309 e. The molecule has 14 atom stereocenters. The summed E-state index contributed by atoms with van der Waals surface area (Å²) in [5, 5.41) is 10.6. The first-order chi connectivity index (χ1) is 25.5. The minimum Gasteiger partial charge on any atom is -0.497 e. The van der Waals surface area contributed by atoms with E-state index in [2.05, 4.69) is 20.8 Å². The first kappa shape index (κ1) is 43.3. The highest BCUT2D eigenvalue weighted by Crippen LogP contribution is 2.44. The molecule has 0 saturated carbocycles. The summed E-state index contributed by atoms with van der Waals surface area (Å²) in [5.74, 6) is -2.92. The lowest BCUT2D eigenvalue weighted by Crippen LogP contribution is -2.59. The fourth-order valence-corrected chi connectivity index (χ4v) is 9.15. The van der Waals surface area contributed by atoms with Crippen LogP contribution in [0.3, 0.4) is 0 Å². The number of benzene rings is 1. The quantitative estimate of drug-likeness (QED) is 0.192. The molecule has 1 aromatic rings. The first-order valence-electron chi connectivity index (χ1n) is 20.1. The van der Waals surface area contributed by atoms with Crippen LogP contribution < -0.4 is 4.74 Å². The molecule has 0 bridgehead atoms. The predicted octanol–water partition coefficient (Wildman–Crippen LogP) is 7.31. The summed E-state index contributed by atoms with van der Waals surface area (Å²) in [6.07, 6.45) is 3.00. The predicted molar refractivity (Wildman–Crippen MR) is 201 cm³/mol. The molecule has 0 aromatic heterocycles. The second-order valence-electron chi connectivity index (χ2n) is 17.0. The number of hydrogen-bond acceptors (Lipinski definition) is 11. The van der Waals surface area contributed by atoms with Crippen LogP contribution in [0.25, 0.3) is 0 Å². The van der Waals surface area contributed by atoms with Gasteiger partial charge in [0.15, 0.2) is 17.9 Å². The van der Waals surface area contributed by atoms with Crippen LogP contribution >= 0.6 is 0 Å². The van der Waals surface area contributed by atoms with Gasteiger partial charge in [0.1, 0.15) is 5.75 Å². The lowest BCUT2D eigenvalue weighted by atomic mass is 9.76. The molecule has 4 fully saturated rings. The molecule has 4 heterocycles. The fourth-order valence-electron chi connectivity index (χ4n) is 9.15. The Morgan fingerprint density at radius 2 is 1.54 bits per heavy atom. The molecular weight excluding hydrogens is 696 g/mol. The molecule has 0 spiro atoms. The number of methoxy groups -OCH3 is 3. The molecule has 4 aliphatic heterocycles. The molecule has 12 nitrogen and oxygen atoms in total. The monoisotopic (exact) mass is 764 g/mol. The molecule has 0 aliphatic carbocycles. The molecular formula is C42H68O12. The Kier molecular flexibility index (Phi) is 14.9. The topological polar surface area (TPSA) is 130 Å². The third kappa shape index (κ3) is 10.9. The summed E-state index contributed by atoms with van der Waals surface area (Å²) in [7, 11) is 5.13. The average molecular weight is 765 g/mol. The van der Waals surface area contributed by atoms with E-state index in [0.717, 1.165) is 30.6 Å². The Morgan fingerprint density at radius 3 is 2.19 bits per heavy atom. The zero-order valence-electron chi connectivity index (χ0n) is 34.5. The Labute approximate surface area is 323 Å². The zero-order valence-corrected chi connectivity index (χ0v) is 34.5. The normalized spacial score (nSPS) is 36.4. The number of carboxylic acid groups (broad SMARTS) is 1. The second-order valence-corrected chi connectivity index (χ2v) is 17.0. The van der Waals surface area contributed by atoms with E-state index in [1.807, 2.05) is 58.9 Å². The van der Waals surface area contributed by atoms with Crippen molar-refractivity contribution in [1.29, 1.82) is 0 Å². The van der Waals surface area contributed by atoms with E-state index in [1.165, 1.54) is 0 Å². The molecule has 0 amide bonds. The highest BCUT2D eigenvalue weighted by atomic mass is 16.7. The van der Waals surface area contributed by atoms with Crippen LogP contribution in [0.15, 0.2) is 24.3 Å². The lowest BCUT2D eigenvalue weighted by Gasteiger charge is -2.52. The van der Waals surface area contributed by atoms with Gasteiger partial charge in [0, 0.05) is 50.4 Å². The van der Waals surface area contributed by atoms with Gasteiger partial charge in [-0.3, -0.25) is 4.79 Å². The molecule has 1 N–H and O–H groups in total. The van der Waals surface area contributed by atoms with Crippen molar-refractivity contribution in [2.24, 2.45) is 23.7 Å². The van der Waals surface area contributed by atoms with Crippen molar-refractivity contribution in [3.8, 4) is 5.75 Å². The van der Waals surface area contributed by atoms with Crippen molar-refractivity contribution in [2.45, 2.75) is 173 Å². The maximum atomic E-state index is 12.9. The van der Waals surface area contributed by atoms with Crippen LogP contribution in [0.2, 0.25) is 0 Å². The minimum atomic E-state index is -0.983. The van der Waals surface area contributed by atoms with Crippen LogP contribution in [0.4, 0.5) is 0 Å². The van der Waals surface area contributed by atoms with Gasteiger partial charge >= 0.3 is 5.97 Å². The van der Waals surface area contributed by atoms with Crippen molar-refractivity contribution >= 4 is 5.97 Å². The van der Waals surface area contributed by atoms with Crippen molar-refractivity contribution in [3.05, 3.63) is 29.8 Å². The van der Waals surface area contributed by atoms with E-state index in [0.29, 0.717) is 32.3 Å². The Hall–Kier alpha value is -1.87. The third-order valence-corrected chi connectivity index (χ3v) is 12.1. The van der Waals surface area contributed by atoms with E-state index in [4.69, 9.17) is 47.4 Å². The van der Waals surface area contributed by atoms with Crippen LogP contribution in [0.1, 0.15) is 112 Å². The largest absolute Gasteiger partial charge is 0.497 e. The van der Waals surface area contributed by atoms with Crippen LogP contribution in [0.5, 0.6) is 5.75 Å². The lowest BCUT2D eigenvalue weighted by molar-refractivity contribution is -0.357. The molecule has 0 unspecified atom stereocenters. The van der Waals surface area contributed by atoms with Crippen LogP contribution in [0, 0.1) is 23.7 Å². The summed E-state index contributed by atoms with van der Waals surface area (Å²) >= 11 is 0. The molecule has 5 rings (SSSR count). The summed E-state index contributed by atoms with van der Waals surface area (Å²) < 4.78 is 62.1. The van der Waals surface area contributed by atoms with Crippen molar-refractivity contribution in [1.82, 2.24) is 0 Å². The number of aliphatic carboxylic acids is 1. The van der Waals surface area contributed by atoms with E-state index >= 15 is 0 Å². The summed E-state index contributed by atoms with van der Waals surface area (Å²) in [4.78, 5) is 12.9. The first-order valence-corrected chi connectivity index (χ1v) is 20.1. The average Bonchev–Trinajstić information content (AvgIpc) is 3.13. The van der Waals surface area contributed by atoms with Gasteiger partial charge in [0.2, 0.25) is 0 Å². The minimum absolute atomic E-state index is 0.0230. The number of carboxylic acids is 1. The van der Waals surface area contributed by atoms with Gasteiger partial charge in [-0.25, -0.2) is 0 Å². The Morgan fingerprint density at radius 1 is 0.870 bits per heavy atom. The van der Waals surface area contributed by atoms with Gasteiger partial charge in [-0.05, 0) is 78.9 Å². The number of rotatable bonds is 15. The summed E-state index contributed by atoms with van der Waals surface area (Å²) in [5.41, 5.74) is 0.951. The van der Waals surface area contributed by atoms with Gasteiger partial charge in [0.05, 0.1) is 74.6 Å². The van der Waals surface area contributed by atoms with E-state index < -0.39 is 35.9 Å². The van der Waals surface area contributed by atoms with Gasteiger partial charge in [0.25, 0.3) is 0 Å². The maximum absolute atomic E-state index is 12.9.